The molecule has 7 aromatic heterocycles. The van der Waals surface area contributed by atoms with Crippen LogP contribution in [0.4, 0.5) is 0 Å². The van der Waals surface area contributed by atoms with Gasteiger partial charge < -0.3 is 8.98 Å². The molecule has 0 spiro atoms. The molecule has 0 aliphatic carbocycles. The van der Waals surface area contributed by atoms with Gasteiger partial charge in [-0.3, -0.25) is 14.2 Å². The predicted molar refractivity (Wildman–Crippen MR) is 385 cm³/mol. The van der Waals surface area contributed by atoms with E-state index in [9.17, 15) is 9.59 Å². The van der Waals surface area contributed by atoms with Crippen LogP contribution in [0.1, 0.15) is 13.8 Å². The van der Waals surface area contributed by atoms with E-state index in [1.807, 2.05) is 147 Å². The van der Waals surface area contributed by atoms with Crippen molar-refractivity contribution in [2.45, 2.75) is 13.8 Å². The zero-order chi connectivity index (χ0) is 62.7. The van der Waals surface area contributed by atoms with Gasteiger partial charge >= 0.3 is 5.84 Å². The largest absolute Gasteiger partial charge is 0.424 e. The molecular formula is C81H51N9O3S. The summed E-state index contributed by atoms with van der Waals surface area (Å²) in [7, 11) is 0. The van der Waals surface area contributed by atoms with Crippen molar-refractivity contribution in [1.29, 1.82) is 0 Å². The monoisotopic (exact) mass is 1230 g/mol. The second-order valence-corrected chi connectivity index (χ2v) is 24.1. The molecule has 0 N–H and O–H groups in total. The molecule has 0 aliphatic rings. The summed E-state index contributed by atoms with van der Waals surface area (Å²) in [5.74, 6) is 1.98. The SMILES string of the molecule is CC.O=c1c2ccccc2oc2nc3cc4c(cc3n12)c1cc(-c2ccccc2)ccc1n4-c1ccc2c3ccccc3c3ccccc3c2c1.O=c1c2ccccc2sc2nc3c4c5ccccc5n(-c5nc(-c6ccccc6)nc(-c6ccccc6)n5)c4ccc3n12. The number of nitrogens with zero attached hydrogens (tertiary/aromatic N) is 9. The van der Waals surface area contributed by atoms with Crippen LogP contribution in [0, 0.1) is 0 Å². The van der Waals surface area contributed by atoms with E-state index in [0.29, 0.717) is 44.4 Å². The summed E-state index contributed by atoms with van der Waals surface area (Å²) in [4.78, 5) is 52.9. The van der Waals surface area contributed by atoms with E-state index in [1.54, 1.807) is 14.9 Å². The summed E-state index contributed by atoms with van der Waals surface area (Å²) < 4.78 is 14.8. The third-order valence-corrected chi connectivity index (χ3v) is 19.0. The van der Waals surface area contributed by atoms with Gasteiger partial charge in [-0.1, -0.05) is 219 Å². The summed E-state index contributed by atoms with van der Waals surface area (Å²) in [6.45, 7) is 4.00. The van der Waals surface area contributed by atoms with Crippen LogP contribution in [-0.2, 0) is 0 Å². The van der Waals surface area contributed by atoms with Crippen molar-refractivity contribution >= 4 is 141 Å². The molecule has 0 saturated carbocycles. The topological polar surface area (TPSA) is 130 Å². The number of hydrogen-bond acceptors (Lipinski definition) is 9. The molecule has 13 heteroatoms. The Morgan fingerprint density at radius 2 is 0.872 bits per heavy atom. The minimum Gasteiger partial charge on any atom is -0.424 e. The molecule has 444 valence electrons. The molecule has 94 heavy (non-hydrogen) atoms. The van der Waals surface area contributed by atoms with Crippen molar-refractivity contribution in [2.75, 3.05) is 0 Å². The van der Waals surface area contributed by atoms with Crippen LogP contribution >= 0.6 is 11.3 Å². The first-order valence-corrected chi connectivity index (χ1v) is 32.1. The van der Waals surface area contributed by atoms with Crippen molar-refractivity contribution in [2.24, 2.45) is 0 Å². The molecule has 0 bridgehead atoms. The number of fused-ring (bicyclic) bond motifs is 21. The summed E-state index contributed by atoms with van der Waals surface area (Å²) >= 11 is 1.52. The third-order valence-electron chi connectivity index (χ3n) is 18.0. The van der Waals surface area contributed by atoms with Gasteiger partial charge in [0.15, 0.2) is 16.6 Å². The normalized spacial score (nSPS) is 11.8. The highest BCUT2D eigenvalue weighted by Gasteiger charge is 2.24. The number of para-hydroxylation sites is 2. The fourth-order valence-corrected chi connectivity index (χ4v) is 14.8. The Bertz CT molecular complexity index is 6540. The Labute approximate surface area is 538 Å². The Balaban J connectivity index is 0.000000136. The lowest BCUT2D eigenvalue weighted by Crippen LogP contribution is -2.12. The molecule has 0 atom stereocenters. The number of benzene rings is 13. The number of hydrogen-bond donors (Lipinski definition) is 0. The predicted octanol–water partition coefficient (Wildman–Crippen LogP) is 19.5. The van der Waals surface area contributed by atoms with Crippen LogP contribution < -0.4 is 11.1 Å². The van der Waals surface area contributed by atoms with Crippen molar-refractivity contribution in [3.05, 3.63) is 294 Å². The number of imidazole rings is 2. The van der Waals surface area contributed by atoms with Crippen LogP contribution in [0.15, 0.2) is 287 Å². The van der Waals surface area contributed by atoms with Gasteiger partial charge in [0.05, 0.1) is 49.4 Å². The van der Waals surface area contributed by atoms with Crippen molar-refractivity contribution in [1.82, 2.24) is 42.9 Å². The van der Waals surface area contributed by atoms with Gasteiger partial charge in [-0.25, -0.2) is 18.8 Å². The first-order chi connectivity index (χ1) is 46.5. The molecule has 0 saturated heterocycles. The number of aromatic nitrogens is 9. The van der Waals surface area contributed by atoms with Gasteiger partial charge in [-0.2, -0.15) is 15.0 Å². The van der Waals surface area contributed by atoms with Crippen LogP contribution in [-0.4, -0.2) is 42.9 Å². The van der Waals surface area contributed by atoms with Crippen LogP contribution in [0.3, 0.4) is 0 Å². The number of rotatable bonds is 5. The zero-order valence-corrected chi connectivity index (χ0v) is 51.5. The summed E-state index contributed by atoms with van der Waals surface area (Å²) in [6, 6.07) is 92.6. The Morgan fingerprint density at radius 1 is 0.340 bits per heavy atom. The molecule has 20 aromatic rings. The fourth-order valence-electron chi connectivity index (χ4n) is 13.8. The van der Waals surface area contributed by atoms with E-state index in [4.69, 9.17) is 29.3 Å². The molecular weight excluding hydrogens is 1180 g/mol. The second-order valence-electron chi connectivity index (χ2n) is 23.1. The average molecular weight is 1230 g/mol. The van der Waals surface area contributed by atoms with Gasteiger partial charge in [0, 0.05) is 43.1 Å². The van der Waals surface area contributed by atoms with Gasteiger partial charge in [0.2, 0.25) is 5.95 Å². The lowest BCUT2D eigenvalue weighted by atomic mass is 9.94. The van der Waals surface area contributed by atoms with Crippen LogP contribution in [0.25, 0.3) is 175 Å². The third kappa shape index (κ3) is 8.41. The molecule has 12 nitrogen and oxygen atoms in total. The van der Waals surface area contributed by atoms with Crippen molar-refractivity contribution in [3.8, 4) is 45.5 Å². The van der Waals surface area contributed by atoms with E-state index >= 15 is 0 Å². The molecule has 0 radical (unpaired) electrons. The first kappa shape index (κ1) is 54.5. The van der Waals surface area contributed by atoms with E-state index in [2.05, 4.69) is 143 Å². The molecule has 7 heterocycles. The Kier molecular flexibility index (Phi) is 12.5. The van der Waals surface area contributed by atoms with Gasteiger partial charge in [-0.05, 0) is 122 Å². The average Bonchev–Trinajstić information content (AvgIpc) is 1.53. The molecule has 0 amide bonds. The maximum Gasteiger partial charge on any atom is 0.310 e. The summed E-state index contributed by atoms with van der Waals surface area (Å²) in [5.41, 5.74) is 12.4. The Hall–Kier alpha value is -12.5. The molecule has 20 rings (SSSR count). The standard InChI is InChI=1S/C44H25N3O2.C35H20N6OS.C2H6/c48-43-34-16-8-9-17-42(34)49-44-45-38-25-40-37(24-41(38)47(43)44)36-22-27(26-10-2-1-3-11-26)18-21-39(36)46(40)28-19-20-33-31-14-5-4-12-29(31)30-13-6-7-15-32(30)35(33)23-28;42-33-24-16-8-10-18-28(24)43-35-36-30-27(41(33)35)20-19-26-29(30)23-15-7-9-17-25(23)40(26)34-38-31(21-11-3-1-4-12-21)37-32(39-34)22-13-5-2-6-14-22;1-2/h1-25H;1-20H;1-2H3. The highest BCUT2D eigenvalue weighted by atomic mass is 32.1. The van der Waals surface area contributed by atoms with Crippen molar-refractivity contribution < 1.29 is 4.42 Å². The Morgan fingerprint density at radius 3 is 1.56 bits per heavy atom. The maximum absolute atomic E-state index is 13.8. The molecule has 0 aliphatic heterocycles. The van der Waals surface area contributed by atoms with Crippen LogP contribution in [0.5, 0.6) is 0 Å². The summed E-state index contributed by atoms with van der Waals surface area (Å²) in [6.07, 6.45) is 0. The summed E-state index contributed by atoms with van der Waals surface area (Å²) in [5, 5.41) is 12.7. The highest BCUT2D eigenvalue weighted by Crippen LogP contribution is 2.42. The van der Waals surface area contributed by atoms with Gasteiger partial charge in [0.1, 0.15) is 11.1 Å². The van der Waals surface area contributed by atoms with Crippen LogP contribution in [0.2, 0.25) is 0 Å². The zero-order valence-electron chi connectivity index (χ0n) is 50.6. The molecule has 13 aromatic carbocycles. The van der Waals surface area contributed by atoms with Gasteiger partial charge in [-0.15, -0.1) is 0 Å². The lowest BCUT2D eigenvalue weighted by molar-refractivity contribution is 0.616. The second kappa shape index (κ2) is 21.6. The first-order valence-electron chi connectivity index (χ1n) is 31.3. The molecule has 0 fully saturated rings. The van der Waals surface area contributed by atoms with E-state index < -0.39 is 0 Å². The van der Waals surface area contributed by atoms with E-state index in [-0.39, 0.29) is 17.0 Å². The minimum atomic E-state index is -0.138. The van der Waals surface area contributed by atoms with E-state index in [0.717, 1.165) is 92.8 Å². The quantitative estimate of drug-likeness (QED) is 0.156. The highest BCUT2D eigenvalue weighted by molar-refractivity contribution is 7.23. The maximum atomic E-state index is 13.8. The fraction of sp³-hybridized carbons (Fsp3) is 0.0247. The van der Waals surface area contributed by atoms with E-state index in [1.165, 1.54) is 43.7 Å². The van der Waals surface area contributed by atoms with Crippen molar-refractivity contribution in [3.63, 3.8) is 0 Å². The lowest BCUT2D eigenvalue weighted by Gasteiger charge is -2.14. The smallest absolute Gasteiger partial charge is 0.310 e. The minimum absolute atomic E-state index is 0.0626. The molecule has 0 unspecified atom stereocenters. The van der Waals surface area contributed by atoms with Gasteiger partial charge in [0.25, 0.3) is 11.1 Å².